The van der Waals surface area contributed by atoms with Gasteiger partial charge in [0.15, 0.2) is 0 Å². The van der Waals surface area contributed by atoms with Crippen LogP contribution in [-0.4, -0.2) is 0 Å². The second-order valence-electron chi connectivity index (χ2n) is 3.18. The standard InChI is InChI=1S/C11H12N2/c1-3-11(2,13)10-6-4-5-9(7-10)8-12/h3-7H,1,13H2,2H3/t11-/m1/s1. The maximum absolute atomic E-state index is 8.68. The first kappa shape index (κ1) is 9.50. The molecular formula is C11H12N2. The van der Waals surface area contributed by atoms with Crippen molar-refractivity contribution < 1.29 is 0 Å². The van der Waals surface area contributed by atoms with Crippen molar-refractivity contribution in [3.8, 4) is 6.07 Å². The Labute approximate surface area is 78.3 Å². The summed E-state index contributed by atoms with van der Waals surface area (Å²) in [5.74, 6) is 0. The molecule has 0 saturated carbocycles. The molecule has 0 aliphatic rings. The van der Waals surface area contributed by atoms with Crippen molar-refractivity contribution in [2.75, 3.05) is 0 Å². The molecule has 2 nitrogen and oxygen atoms in total. The molecule has 1 atom stereocenters. The van der Waals surface area contributed by atoms with Gasteiger partial charge in [0.2, 0.25) is 0 Å². The minimum Gasteiger partial charge on any atom is -0.318 e. The predicted molar refractivity (Wildman–Crippen MR) is 52.9 cm³/mol. The SMILES string of the molecule is C=C[C@@](C)(N)c1cccc(C#N)c1. The Balaban J connectivity index is 3.17. The Morgan fingerprint density at radius 2 is 2.31 bits per heavy atom. The number of nitriles is 1. The van der Waals surface area contributed by atoms with Gasteiger partial charge >= 0.3 is 0 Å². The van der Waals surface area contributed by atoms with E-state index in [4.69, 9.17) is 11.0 Å². The first-order valence-corrected chi connectivity index (χ1v) is 4.03. The van der Waals surface area contributed by atoms with Gasteiger partial charge in [-0.25, -0.2) is 0 Å². The van der Waals surface area contributed by atoms with Gasteiger partial charge in [-0.15, -0.1) is 6.58 Å². The number of hydrogen-bond donors (Lipinski definition) is 1. The van der Waals surface area contributed by atoms with Crippen LogP contribution in [0.15, 0.2) is 36.9 Å². The molecule has 0 spiro atoms. The Bertz CT molecular complexity index is 359. The smallest absolute Gasteiger partial charge is 0.0991 e. The zero-order valence-electron chi connectivity index (χ0n) is 7.62. The minimum absolute atomic E-state index is 0.563. The molecule has 66 valence electrons. The van der Waals surface area contributed by atoms with Crippen molar-refractivity contribution >= 4 is 0 Å². The molecule has 2 heteroatoms. The number of nitrogens with two attached hydrogens (primary N) is 1. The molecule has 0 amide bonds. The Hall–Kier alpha value is -1.59. The largest absolute Gasteiger partial charge is 0.318 e. The summed E-state index contributed by atoms with van der Waals surface area (Å²) in [5.41, 5.74) is 6.90. The molecule has 1 aromatic carbocycles. The second-order valence-corrected chi connectivity index (χ2v) is 3.18. The highest BCUT2D eigenvalue weighted by molar-refractivity contribution is 5.37. The Morgan fingerprint density at radius 3 is 2.85 bits per heavy atom. The fraction of sp³-hybridized carbons (Fsp3) is 0.182. The van der Waals surface area contributed by atoms with Crippen LogP contribution >= 0.6 is 0 Å². The van der Waals surface area contributed by atoms with E-state index in [0.717, 1.165) is 5.56 Å². The van der Waals surface area contributed by atoms with Crippen LogP contribution in [0.1, 0.15) is 18.1 Å². The normalized spacial score (nSPS) is 14.2. The summed E-state index contributed by atoms with van der Waals surface area (Å²) >= 11 is 0. The van der Waals surface area contributed by atoms with Gasteiger partial charge in [0.05, 0.1) is 17.2 Å². The van der Waals surface area contributed by atoms with Gasteiger partial charge in [0.25, 0.3) is 0 Å². The number of benzene rings is 1. The van der Waals surface area contributed by atoms with Crippen molar-refractivity contribution in [1.82, 2.24) is 0 Å². The molecule has 0 fully saturated rings. The molecule has 0 aliphatic carbocycles. The first-order chi connectivity index (χ1) is 6.10. The number of rotatable bonds is 2. The van der Waals surface area contributed by atoms with Gasteiger partial charge in [-0.1, -0.05) is 18.2 Å². The molecular weight excluding hydrogens is 160 g/mol. The van der Waals surface area contributed by atoms with E-state index in [1.54, 1.807) is 18.2 Å². The summed E-state index contributed by atoms with van der Waals surface area (Å²) in [6, 6.07) is 9.32. The monoisotopic (exact) mass is 172 g/mol. The Morgan fingerprint density at radius 1 is 1.62 bits per heavy atom. The quantitative estimate of drug-likeness (QED) is 0.693. The second kappa shape index (κ2) is 3.42. The lowest BCUT2D eigenvalue weighted by Crippen LogP contribution is -2.29. The topological polar surface area (TPSA) is 49.8 Å². The molecule has 2 N–H and O–H groups in total. The summed E-state index contributed by atoms with van der Waals surface area (Å²) in [5, 5.41) is 8.68. The lowest BCUT2D eigenvalue weighted by Gasteiger charge is -2.20. The highest BCUT2D eigenvalue weighted by atomic mass is 14.7. The maximum atomic E-state index is 8.68. The minimum atomic E-state index is -0.563. The molecule has 0 heterocycles. The molecule has 1 aromatic rings. The molecule has 0 radical (unpaired) electrons. The summed E-state index contributed by atoms with van der Waals surface area (Å²) < 4.78 is 0. The van der Waals surface area contributed by atoms with E-state index in [1.807, 2.05) is 19.1 Å². The molecule has 0 aliphatic heterocycles. The summed E-state index contributed by atoms with van der Waals surface area (Å²) in [6.07, 6.45) is 1.67. The predicted octanol–water partition coefficient (Wildman–Crippen LogP) is 1.92. The van der Waals surface area contributed by atoms with Crippen LogP contribution in [0.3, 0.4) is 0 Å². The van der Waals surface area contributed by atoms with Crippen molar-refractivity contribution in [2.24, 2.45) is 5.73 Å². The number of hydrogen-bond acceptors (Lipinski definition) is 2. The first-order valence-electron chi connectivity index (χ1n) is 4.03. The van der Waals surface area contributed by atoms with Crippen LogP contribution in [0.2, 0.25) is 0 Å². The van der Waals surface area contributed by atoms with Crippen LogP contribution in [0.5, 0.6) is 0 Å². The highest BCUT2D eigenvalue weighted by Crippen LogP contribution is 2.19. The van der Waals surface area contributed by atoms with Gasteiger partial charge in [-0.2, -0.15) is 5.26 Å². The lowest BCUT2D eigenvalue weighted by molar-refractivity contribution is 0.631. The van der Waals surface area contributed by atoms with Crippen LogP contribution in [0, 0.1) is 11.3 Å². The molecule has 0 saturated heterocycles. The third-order valence-electron chi connectivity index (χ3n) is 2.04. The van der Waals surface area contributed by atoms with Crippen molar-refractivity contribution in [3.05, 3.63) is 48.0 Å². The van der Waals surface area contributed by atoms with Crippen LogP contribution in [-0.2, 0) is 5.54 Å². The van der Waals surface area contributed by atoms with E-state index in [-0.39, 0.29) is 0 Å². The molecule has 0 bridgehead atoms. The summed E-state index contributed by atoms with van der Waals surface area (Å²) in [6.45, 7) is 5.51. The van der Waals surface area contributed by atoms with Gasteiger partial charge in [0, 0.05) is 0 Å². The van der Waals surface area contributed by atoms with Gasteiger partial charge < -0.3 is 5.73 Å². The van der Waals surface area contributed by atoms with E-state index in [1.165, 1.54) is 0 Å². The van der Waals surface area contributed by atoms with Gasteiger partial charge in [-0.3, -0.25) is 0 Å². The van der Waals surface area contributed by atoms with Crippen molar-refractivity contribution in [3.63, 3.8) is 0 Å². The lowest BCUT2D eigenvalue weighted by atomic mass is 9.92. The van der Waals surface area contributed by atoms with E-state index in [9.17, 15) is 0 Å². The van der Waals surface area contributed by atoms with E-state index < -0.39 is 5.54 Å². The zero-order valence-corrected chi connectivity index (χ0v) is 7.62. The molecule has 1 rings (SSSR count). The van der Waals surface area contributed by atoms with Crippen molar-refractivity contribution in [1.29, 1.82) is 5.26 Å². The average molecular weight is 172 g/mol. The summed E-state index contributed by atoms with van der Waals surface area (Å²) in [7, 11) is 0. The van der Waals surface area contributed by atoms with Crippen LogP contribution < -0.4 is 5.73 Å². The van der Waals surface area contributed by atoms with E-state index >= 15 is 0 Å². The Kier molecular flexibility index (Phi) is 2.50. The third-order valence-corrected chi connectivity index (χ3v) is 2.04. The summed E-state index contributed by atoms with van der Waals surface area (Å²) in [4.78, 5) is 0. The number of nitrogens with zero attached hydrogens (tertiary/aromatic N) is 1. The van der Waals surface area contributed by atoms with E-state index in [0.29, 0.717) is 5.56 Å². The van der Waals surface area contributed by atoms with Gasteiger partial charge in [-0.05, 0) is 24.6 Å². The van der Waals surface area contributed by atoms with E-state index in [2.05, 4.69) is 12.6 Å². The maximum Gasteiger partial charge on any atom is 0.0991 e. The average Bonchev–Trinajstić information content (AvgIpc) is 2.18. The fourth-order valence-electron chi connectivity index (χ4n) is 1.04. The third kappa shape index (κ3) is 1.95. The molecule has 0 unspecified atom stereocenters. The fourth-order valence-corrected chi connectivity index (χ4v) is 1.04. The van der Waals surface area contributed by atoms with Crippen molar-refractivity contribution in [2.45, 2.75) is 12.5 Å². The van der Waals surface area contributed by atoms with Gasteiger partial charge in [0.1, 0.15) is 0 Å². The molecule has 13 heavy (non-hydrogen) atoms. The van der Waals surface area contributed by atoms with Crippen LogP contribution in [0.25, 0.3) is 0 Å². The highest BCUT2D eigenvalue weighted by Gasteiger charge is 2.16. The van der Waals surface area contributed by atoms with Crippen LogP contribution in [0.4, 0.5) is 0 Å². The molecule has 0 aromatic heterocycles. The zero-order chi connectivity index (χ0) is 9.90.